The quantitative estimate of drug-likeness (QED) is 0.0200. The van der Waals surface area contributed by atoms with Gasteiger partial charge in [-0.25, -0.2) is 9.59 Å². The van der Waals surface area contributed by atoms with Gasteiger partial charge in [0.15, 0.2) is 25.0 Å². The van der Waals surface area contributed by atoms with Crippen molar-refractivity contribution < 1.29 is 118 Å². The molecule has 330 valence electrons. The van der Waals surface area contributed by atoms with Crippen molar-refractivity contribution in [1.29, 1.82) is 0 Å². The molecule has 25 heteroatoms. The van der Waals surface area contributed by atoms with E-state index in [1.54, 1.807) is 11.8 Å². The molecule has 0 unspecified atom stereocenters. The summed E-state index contributed by atoms with van der Waals surface area (Å²) in [5.41, 5.74) is 0. The first-order valence-electron chi connectivity index (χ1n) is 19.1. The molecule has 4 amide bonds. The van der Waals surface area contributed by atoms with Crippen LogP contribution in [0.1, 0.15) is 46.0 Å². The summed E-state index contributed by atoms with van der Waals surface area (Å²) >= 11 is 1.79. The van der Waals surface area contributed by atoms with Crippen LogP contribution in [0.4, 0.5) is 4.79 Å². The summed E-state index contributed by atoms with van der Waals surface area (Å²) in [7, 11) is 0. The molecule has 59 heavy (non-hydrogen) atoms. The van der Waals surface area contributed by atoms with E-state index in [1.807, 2.05) is 0 Å². The van der Waals surface area contributed by atoms with E-state index < -0.39 is 117 Å². The van der Waals surface area contributed by atoms with Crippen molar-refractivity contribution in [3.8, 4) is 0 Å². The molecule has 0 saturated carbocycles. The number of nitrogens with one attached hydrogen (secondary N) is 4. The van der Waals surface area contributed by atoms with Crippen LogP contribution in [0.3, 0.4) is 0 Å². The van der Waals surface area contributed by atoms with Crippen LogP contribution in [-0.4, -0.2) is 201 Å². The topological polar surface area (TPSA) is 349 Å². The molecule has 0 aromatic carbocycles. The van der Waals surface area contributed by atoms with Crippen LogP contribution in [0.15, 0.2) is 4.99 Å². The fourth-order valence-electron chi connectivity index (χ4n) is 7.66. The number of carboxylic acids is 1. The van der Waals surface area contributed by atoms with Gasteiger partial charge < -0.3 is 90.5 Å². The molecule has 5 aliphatic heterocycles. The number of ether oxygens (including phenoxy) is 6. The molecule has 0 spiro atoms. The number of hydrogen-bond acceptors (Lipinski definition) is 19. The first kappa shape index (κ1) is 49.7. The molecule has 5 fully saturated rings. The zero-order chi connectivity index (χ0) is 42.3. The summed E-state index contributed by atoms with van der Waals surface area (Å²) < 4.78 is 34.1. The van der Waals surface area contributed by atoms with Gasteiger partial charge in [-0.2, -0.15) is 11.8 Å². The average molecular weight is 876 g/mol. The van der Waals surface area contributed by atoms with E-state index in [1.165, 1.54) is 0 Å². The fourth-order valence-corrected chi connectivity index (χ4v) is 9.21. The Morgan fingerprint density at radius 2 is 1.68 bits per heavy atom. The van der Waals surface area contributed by atoms with Crippen molar-refractivity contribution in [2.75, 3.05) is 32.1 Å². The zero-order valence-corrected chi connectivity index (χ0v) is 35.7. The van der Waals surface area contributed by atoms with Crippen molar-refractivity contribution in [1.82, 2.24) is 21.3 Å². The van der Waals surface area contributed by atoms with Gasteiger partial charge in [-0.05, 0) is 25.7 Å². The number of unbranched alkanes of at least 4 members (excludes halogenated alkanes) is 1. The van der Waals surface area contributed by atoms with Crippen LogP contribution in [0.5, 0.6) is 0 Å². The minimum absolute atomic E-state index is 0. The van der Waals surface area contributed by atoms with E-state index in [-0.39, 0.29) is 84.8 Å². The molecule has 0 bridgehead atoms. The summed E-state index contributed by atoms with van der Waals surface area (Å²) in [6.07, 6.45) is -18.1. The number of rotatable bonds is 18. The third kappa shape index (κ3) is 12.8. The molecule has 5 heterocycles. The van der Waals surface area contributed by atoms with Crippen LogP contribution < -0.4 is 55.9 Å². The molecule has 0 radical (unpaired) electrons. The minimum Gasteiger partial charge on any atom is -0.862 e. The Labute approximate surface area is 365 Å². The number of aliphatic carboxylic acids is 1. The van der Waals surface area contributed by atoms with Crippen LogP contribution >= 0.6 is 11.8 Å². The molecular weight excluding hydrogens is 821 g/mol. The summed E-state index contributed by atoms with van der Waals surface area (Å²) in [6.45, 7) is 0.615. The Hall–Kier alpha value is -1.98. The van der Waals surface area contributed by atoms with E-state index in [9.17, 15) is 60.0 Å². The van der Waals surface area contributed by atoms with E-state index in [4.69, 9.17) is 28.4 Å². The second-order valence-corrected chi connectivity index (χ2v) is 16.0. The molecule has 0 aromatic heterocycles. The third-order valence-corrected chi connectivity index (χ3v) is 12.0. The third-order valence-electron chi connectivity index (χ3n) is 10.5. The Balaban J connectivity index is 0.00000769. The number of carbonyl (C=O) groups excluding carboxylic acids is 3. The second kappa shape index (κ2) is 22.9. The largest absolute Gasteiger partial charge is 1.00 e. The molecular formula is C34H54N5NaO18S. The number of thioether (sulfide) groups is 1. The van der Waals surface area contributed by atoms with Crippen molar-refractivity contribution >= 4 is 41.5 Å². The maximum absolute atomic E-state index is 12.5. The van der Waals surface area contributed by atoms with Crippen molar-refractivity contribution in [2.24, 2.45) is 4.99 Å². The normalized spacial score (nSPS) is 39.6. The van der Waals surface area contributed by atoms with Crippen LogP contribution in [0.2, 0.25) is 0 Å². The minimum atomic E-state index is -2.06. The Morgan fingerprint density at radius 1 is 0.949 bits per heavy atom. The summed E-state index contributed by atoms with van der Waals surface area (Å²) in [5.74, 6) is -2.38. The van der Waals surface area contributed by atoms with E-state index in [0.29, 0.717) is 6.42 Å². The summed E-state index contributed by atoms with van der Waals surface area (Å²) in [6, 6.07) is -2.50. The van der Waals surface area contributed by atoms with Crippen LogP contribution in [-0.2, 0) is 42.8 Å². The fraction of sp³-hybridized carbons (Fsp3) is 0.853. The van der Waals surface area contributed by atoms with Gasteiger partial charge in [-0.1, -0.05) is 6.42 Å². The number of aliphatic imine (C=N–C) groups is 1. The Kier molecular flexibility index (Phi) is 19.3. The van der Waals surface area contributed by atoms with E-state index >= 15 is 0 Å². The maximum atomic E-state index is 12.5. The first-order chi connectivity index (χ1) is 27.6. The second-order valence-electron chi connectivity index (χ2n) is 14.7. The van der Waals surface area contributed by atoms with Gasteiger partial charge in [0, 0.05) is 37.3 Å². The Bertz CT molecular complexity index is 1460. The van der Waals surface area contributed by atoms with Crippen molar-refractivity contribution in [3.63, 3.8) is 0 Å². The Morgan fingerprint density at radius 3 is 2.34 bits per heavy atom. The van der Waals surface area contributed by atoms with Crippen molar-refractivity contribution in [3.05, 3.63) is 0 Å². The van der Waals surface area contributed by atoms with Gasteiger partial charge in [0.2, 0.25) is 11.8 Å². The predicted molar refractivity (Wildman–Crippen MR) is 194 cm³/mol. The zero-order valence-electron chi connectivity index (χ0n) is 32.9. The number of carbonyl (C=O) groups is 4. The van der Waals surface area contributed by atoms with Crippen LogP contribution in [0.25, 0.3) is 0 Å². The average Bonchev–Trinajstić information content (AvgIpc) is 3.72. The number of fused-ring (bicyclic) bond motifs is 1. The maximum Gasteiger partial charge on any atom is 1.00 e. The molecule has 11 N–H and O–H groups in total. The molecule has 0 aliphatic carbocycles. The number of carboxylic acid groups (broad SMARTS) is 1. The monoisotopic (exact) mass is 875 g/mol. The molecule has 23 nitrogen and oxygen atoms in total. The number of aliphatic hydroxyl groups is 6. The SMILES string of the molecule is CC(=O)N[C@H]1[C@H](OCCNC(=O)CCCC[C@@H]2SC[C@@H]3NC(=O)N[C@@H]32)O[C@H](CO)[C@@H](O)[C@@H]1O[C@@H]1O[C@H](C(=O)O)[C@@H](O[C@H]2C[C@@H](N=C(C)[O-])[C@H](O)O[C@@H]2CO)[C@H](O)[C@H]1O.[Na+]. The molecule has 0 aromatic rings. The number of hydrogen-bond donors (Lipinski definition) is 11. The van der Waals surface area contributed by atoms with Crippen molar-refractivity contribution in [2.45, 2.75) is 149 Å². The number of nitrogens with zero attached hydrogens (tertiary/aromatic N) is 1. The molecule has 5 saturated heterocycles. The smallest absolute Gasteiger partial charge is 0.862 e. The van der Waals surface area contributed by atoms with Crippen LogP contribution in [0, 0.1) is 0 Å². The summed E-state index contributed by atoms with van der Waals surface area (Å²) in [4.78, 5) is 52.6. The standard InChI is InChI=1S/C34H55N5O18S.Na/c1-13(42)36-15-9-17(18(10-40)54-31(15)50)53-28-25(46)26(47)33(57-29(28)30(48)49)56-27-23(37-14(2)43)32(55-19(11-41)24(27)45)52-8-7-35-21(44)6-4-3-5-20-22-16(12-58-20)38-34(51)39-22;/h15-20,22-29,31-33,40-41,45-47,50H,3-12H2,1-2H3,(H,35,44)(H,36,42)(H,37,43)(H,48,49)(H2,38,39,51);/q;+1/p-1/t15-,16+,17+,18-,19-,20+,22+,23-,24-,25-,26-,27-,28+,29+,31-,32-,33-;/m1./s1. The van der Waals surface area contributed by atoms with E-state index in [0.717, 1.165) is 32.4 Å². The van der Waals surface area contributed by atoms with E-state index in [2.05, 4.69) is 26.3 Å². The molecule has 5 rings (SSSR count). The van der Waals surface area contributed by atoms with Gasteiger partial charge in [0.05, 0.1) is 38.0 Å². The molecule has 5 aliphatic rings. The summed E-state index contributed by atoms with van der Waals surface area (Å²) in [5, 5.41) is 96.6. The van der Waals surface area contributed by atoms with Gasteiger partial charge in [0.25, 0.3) is 0 Å². The van der Waals surface area contributed by atoms with Gasteiger partial charge in [0.1, 0.15) is 54.8 Å². The predicted octanol–water partition coefficient (Wildman–Crippen LogP) is -8.65. The van der Waals surface area contributed by atoms with Gasteiger partial charge in [-0.15, -0.1) is 0 Å². The van der Waals surface area contributed by atoms with Gasteiger partial charge >= 0.3 is 41.6 Å². The molecule has 17 atom stereocenters. The first-order valence-corrected chi connectivity index (χ1v) is 20.2. The number of amides is 4. The number of urea groups is 1. The number of aliphatic hydroxyl groups excluding tert-OH is 6. The van der Waals surface area contributed by atoms with Gasteiger partial charge in [-0.3, -0.25) is 14.6 Å².